The summed E-state index contributed by atoms with van der Waals surface area (Å²) in [6.45, 7) is 2.53. The van der Waals surface area contributed by atoms with Crippen molar-refractivity contribution in [3.05, 3.63) is 72.1 Å². The zero-order valence-electron chi connectivity index (χ0n) is 18.0. The largest absolute Gasteiger partial charge is 0.404 e. The maximum absolute atomic E-state index is 12.0. The van der Waals surface area contributed by atoms with E-state index >= 15 is 0 Å². The van der Waals surface area contributed by atoms with Gasteiger partial charge in [-0.1, -0.05) is 24.3 Å². The number of pyridine rings is 1. The van der Waals surface area contributed by atoms with Crippen molar-refractivity contribution < 1.29 is 19.1 Å². The number of carbonyl (C=O) groups is 2. The normalized spacial score (nSPS) is 20.5. The summed E-state index contributed by atoms with van der Waals surface area (Å²) in [7, 11) is 1.81. The van der Waals surface area contributed by atoms with Crippen molar-refractivity contribution in [1.82, 2.24) is 14.8 Å². The smallest absolute Gasteiger partial charge is 0.335 e. The minimum absolute atomic E-state index is 0.319. The fraction of sp³-hybridized carbons (Fsp3) is 0.320. The lowest BCUT2D eigenvalue weighted by Gasteiger charge is -2.45. The van der Waals surface area contributed by atoms with Gasteiger partial charge in [0.1, 0.15) is 0 Å². The van der Waals surface area contributed by atoms with Crippen molar-refractivity contribution in [2.45, 2.75) is 18.8 Å². The van der Waals surface area contributed by atoms with Crippen LogP contribution in [0.2, 0.25) is 0 Å². The summed E-state index contributed by atoms with van der Waals surface area (Å²) in [5.41, 5.74) is 6.39. The van der Waals surface area contributed by atoms with E-state index < -0.39 is 17.8 Å². The molecule has 0 radical (unpaired) electrons. The van der Waals surface area contributed by atoms with Gasteiger partial charge in [0.25, 0.3) is 0 Å². The number of carbonyl (C=O) groups excluding carboxylic acids is 2. The van der Waals surface area contributed by atoms with E-state index in [1.165, 1.54) is 27.8 Å². The molecule has 3 aliphatic rings. The second-order valence-corrected chi connectivity index (χ2v) is 8.34. The summed E-state index contributed by atoms with van der Waals surface area (Å²) in [4.78, 5) is 32.1. The lowest BCUT2D eigenvalue weighted by molar-refractivity contribution is -0.294. The summed E-state index contributed by atoms with van der Waals surface area (Å²) in [5.74, 6) is -2.52. The van der Waals surface area contributed by atoms with Crippen molar-refractivity contribution in [2.75, 3.05) is 33.2 Å². The molecule has 0 saturated carbocycles. The number of likely N-dealkylation sites (N-methyl/N-ethyl adjacent to an activating group) is 1. The van der Waals surface area contributed by atoms with Gasteiger partial charge in [-0.3, -0.25) is 9.88 Å². The maximum Gasteiger partial charge on any atom is 0.335 e. The second-order valence-electron chi connectivity index (χ2n) is 8.34. The molecule has 2 aromatic rings. The Morgan fingerprint density at radius 2 is 1.72 bits per heavy atom. The number of fused-ring (bicyclic) bond motifs is 1. The van der Waals surface area contributed by atoms with E-state index in [4.69, 9.17) is 9.47 Å². The van der Waals surface area contributed by atoms with Crippen molar-refractivity contribution in [2.24, 2.45) is 0 Å². The highest BCUT2D eigenvalue weighted by atomic mass is 16.8. The third-order valence-electron chi connectivity index (χ3n) is 6.40. The Kier molecular flexibility index (Phi) is 5.36. The molecule has 1 aromatic heterocycles. The first-order valence-electron chi connectivity index (χ1n) is 10.8. The van der Waals surface area contributed by atoms with Gasteiger partial charge in [-0.05, 0) is 59.8 Å². The van der Waals surface area contributed by atoms with Crippen LogP contribution in [-0.4, -0.2) is 65.9 Å². The number of ether oxygens (including phenoxy) is 2. The Morgan fingerprint density at radius 3 is 2.47 bits per heavy atom. The Bertz CT molecular complexity index is 1090. The number of benzene rings is 1. The van der Waals surface area contributed by atoms with E-state index in [2.05, 4.69) is 34.2 Å². The zero-order valence-corrected chi connectivity index (χ0v) is 18.0. The summed E-state index contributed by atoms with van der Waals surface area (Å²) in [6.07, 6.45) is 9.96. The molecule has 5 rings (SSSR count). The van der Waals surface area contributed by atoms with Crippen molar-refractivity contribution in [3.8, 4) is 11.1 Å². The number of aromatic nitrogens is 1. The fourth-order valence-electron chi connectivity index (χ4n) is 4.65. The lowest BCUT2D eigenvalue weighted by Crippen LogP contribution is -2.64. The molecule has 1 aromatic carbocycles. The molecule has 0 N–H and O–H groups in total. The standard InChI is InChI=1S/C25H25N3O4/c1-27-15-16-28(17-25(27)31-23(29)7-8-24(30)32-25)14-11-18-5-6-22-20(18)3-2-4-21(22)19-9-12-26-13-10-19/h2-5,7-10,12-13H,6,11,14-17H2,1H3. The molecule has 0 bridgehead atoms. The number of rotatable bonds is 4. The van der Waals surface area contributed by atoms with Gasteiger partial charge < -0.3 is 9.47 Å². The molecule has 7 heteroatoms. The number of esters is 2. The Morgan fingerprint density at radius 1 is 1.00 bits per heavy atom. The van der Waals surface area contributed by atoms with E-state index in [0.717, 1.165) is 38.1 Å². The Labute approximate surface area is 186 Å². The predicted octanol–water partition coefficient (Wildman–Crippen LogP) is 2.64. The van der Waals surface area contributed by atoms with Crippen LogP contribution in [0.3, 0.4) is 0 Å². The van der Waals surface area contributed by atoms with Gasteiger partial charge in [-0.2, -0.15) is 0 Å². The van der Waals surface area contributed by atoms with E-state index in [1.807, 2.05) is 24.5 Å². The molecule has 0 amide bonds. The summed E-state index contributed by atoms with van der Waals surface area (Å²) in [6, 6.07) is 10.5. The SMILES string of the molecule is CN1CCN(CCC2=CCc3c2cccc3-c2ccncc2)CC12OC(=O)C=CC(=O)O2. The molecule has 1 aliphatic carbocycles. The van der Waals surface area contributed by atoms with Crippen LogP contribution in [0, 0.1) is 0 Å². The minimum atomic E-state index is -1.38. The summed E-state index contributed by atoms with van der Waals surface area (Å²) < 4.78 is 11.1. The molecular weight excluding hydrogens is 406 g/mol. The Hall–Kier alpha value is -3.29. The number of hydrogen-bond donors (Lipinski definition) is 0. The van der Waals surface area contributed by atoms with Gasteiger partial charge >= 0.3 is 17.8 Å². The predicted molar refractivity (Wildman–Crippen MR) is 119 cm³/mol. The third-order valence-corrected chi connectivity index (χ3v) is 6.40. The number of piperazine rings is 1. The Balaban J connectivity index is 1.30. The van der Waals surface area contributed by atoms with E-state index in [-0.39, 0.29) is 0 Å². The average Bonchev–Trinajstić information content (AvgIpc) is 3.16. The molecular formula is C25H25N3O4. The molecule has 32 heavy (non-hydrogen) atoms. The zero-order chi connectivity index (χ0) is 22.1. The van der Waals surface area contributed by atoms with Gasteiger partial charge in [0, 0.05) is 44.2 Å². The van der Waals surface area contributed by atoms with Crippen LogP contribution in [0.15, 0.2) is 61.0 Å². The van der Waals surface area contributed by atoms with Gasteiger partial charge in [0.2, 0.25) is 0 Å². The molecule has 164 valence electrons. The van der Waals surface area contributed by atoms with Crippen LogP contribution in [-0.2, 0) is 25.5 Å². The van der Waals surface area contributed by atoms with E-state index in [0.29, 0.717) is 13.1 Å². The number of allylic oxidation sites excluding steroid dienone is 1. The third kappa shape index (κ3) is 3.85. The van der Waals surface area contributed by atoms with Crippen LogP contribution >= 0.6 is 0 Å². The van der Waals surface area contributed by atoms with Gasteiger partial charge in [-0.15, -0.1) is 0 Å². The first kappa shape index (κ1) is 20.6. The number of hydrogen-bond acceptors (Lipinski definition) is 7. The maximum atomic E-state index is 12.0. The molecule has 0 unspecified atom stereocenters. The first-order valence-corrected chi connectivity index (χ1v) is 10.8. The van der Waals surface area contributed by atoms with Crippen LogP contribution in [0.5, 0.6) is 0 Å². The average molecular weight is 431 g/mol. The first-order chi connectivity index (χ1) is 15.5. The number of nitrogens with zero attached hydrogens (tertiary/aromatic N) is 3. The highest BCUT2D eigenvalue weighted by Crippen LogP contribution is 2.37. The summed E-state index contributed by atoms with van der Waals surface area (Å²) in [5, 5.41) is 0. The lowest BCUT2D eigenvalue weighted by atomic mass is 9.95. The summed E-state index contributed by atoms with van der Waals surface area (Å²) >= 11 is 0. The topological polar surface area (TPSA) is 72.0 Å². The molecule has 3 heterocycles. The van der Waals surface area contributed by atoms with E-state index in [9.17, 15) is 9.59 Å². The van der Waals surface area contributed by atoms with E-state index in [1.54, 1.807) is 11.9 Å². The minimum Gasteiger partial charge on any atom is -0.404 e. The van der Waals surface area contributed by atoms with Crippen LogP contribution < -0.4 is 0 Å². The molecule has 0 atom stereocenters. The molecule has 2 aliphatic heterocycles. The fourth-order valence-corrected chi connectivity index (χ4v) is 4.65. The van der Waals surface area contributed by atoms with Crippen molar-refractivity contribution >= 4 is 17.5 Å². The van der Waals surface area contributed by atoms with Crippen molar-refractivity contribution in [1.29, 1.82) is 0 Å². The molecule has 1 spiro atoms. The quantitative estimate of drug-likeness (QED) is 0.689. The van der Waals surface area contributed by atoms with Crippen LogP contribution in [0.4, 0.5) is 0 Å². The molecule has 1 fully saturated rings. The molecule has 7 nitrogen and oxygen atoms in total. The van der Waals surface area contributed by atoms with Gasteiger partial charge in [-0.25, -0.2) is 14.5 Å². The highest BCUT2D eigenvalue weighted by Gasteiger charge is 2.47. The highest BCUT2D eigenvalue weighted by molar-refractivity contribution is 5.93. The van der Waals surface area contributed by atoms with Crippen molar-refractivity contribution in [3.63, 3.8) is 0 Å². The van der Waals surface area contributed by atoms with Gasteiger partial charge in [0.15, 0.2) is 0 Å². The van der Waals surface area contributed by atoms with Crippen LogP contribution in [0.25, 0.3) is 16.7 Å². The monoisotopic (exact) mass is 431 g/mol. The van der Waals surface area contributed by atoms with Crippen LogP contribution in [0.1, 0.15) is 17.5 Å². The molecule has 1 saturated heterocycles. The second kappa shape index (κ2) is 8.33. The van der Waals surface area contributed by atoms with Gasteiger partial charge in [0.05, 0.1) is 6.54 Å².